The number of carboxylic acid groups (broad SMARTS) is 1. The number of hydrogen-bond acceptors (Lipinski definition) is 18. The molecule has 558 valence electrons. The molecule has 31 nitrogen and oxygen atoms in total. The van der Waals surface area contributed by atoms with Crippen molar-refractivity contribution in [2.45, 2.75) is 87.7 Å². The van der Waals surface area contributed by atoms with Crippen molar-refractivity contribution in [3.8, 4) is 16.9 Å². The lowest BCUT2D eigenvalue weighted by atomic mass is 10.0. The Bertz CT molecular complexity index is 4360. The van der Waals surface area contributed by atoms with Gasteiger partial charge in [0.05, 0.1) is 59.1 Å². The molecule has 0 saturated carbocycles. The number of ether oxygens (including phenoxy) is 1. The van der Waals surface area contributed by atoms with Crippen molar-refractivity contribution < 1.29 is 74.4 Å². The van der Waals surface area contributed by atoms with E-state index in [0.29, 0.717) is 56.0 Å². The van der Waals surface area contributed by atoms with Gasteiger partial charge in [0.2, 0.25) is 23.6 Å². The molecule has 1 aliphatic heterocycles. The number of sulfonamides is 1. The minimum Gasteiger partial charge on any atom is -0.496 e. The summed E-state index contributed by atoms with van der Waals surface area (Å²) >= 11 is 0. The molecular weight excluding hydrogens is 1390 g/mol. The second kappa shape index (κ2) is 37.3. The smallest absolute Gasteiger partial charge is 0.321 e. The number of aliphatic carboxylic acids is 1. The van der Waals surface area contributed by atoms with Crippen LogP contribution in [0.4, 0.5) is 57.5 Å². The lowest BCUT2D eigenvalue weighted by Gasteiger charge is -2.30. The monoisotopic (exact) mass is 1480 g/mol. The summed E-state index contributed by atoms with van der Waals surface area (Å²) in [7, 11) is -1.12. The summed E-state index contributed by atoms with van der Waals surface area (Å²) in [5, 5.41) is 31.3. The van der Waals surface area contributed by atoms with Gasteiger partial charge in [0.1, 0.15) is 47.1 Å². The fraction of sp³-hybridized carbons (Fsp3) is 0.377. The molecule has 6 aromatic rings. The van der Waals surface area contributed by atoms with Crippen molar-refractivity contribution in [2.75, 3.05) is 106 Å². The molecule has 4 aromatic carbocycles. The van der Waals surface area contributed by atoms with E-state index in [1.165, 1.54) is 108 Å². The molecule has 104 heavy (non-hydrogen) atoms. The number of carbonyl (C=O) groups is 9. The fourth-order valence-corrected chi connectivity index (χ4v) is 13.3. The van der Waals surface area contributed by atoms with E-state index in [-0.39, 0.29) is 82.2 Å². The maximum absolute atomic E-state index is 15.0. The second-order valence-corrected chi connectivity index (χ2v) is 29.2. The van der Waals surface area contributed by atoms with E-state index in [2.05, 4.69) is 61.6 Å². The summed E-state index contributed by atoms with van der Waals surface area (Å²) in [5.41, 5.74) is 7.61. The number of anilines is 6. The third-order valence-electron chi connectivity index (χ3n) is 16.2. The molecule has 1 fully saturated rings. The SMILES string of the molecule is CCCNC(=O)Nc1cccc(S(=O)(=O)Nc2cccc(C(CC(=O)O)NC(=O)Nc3ccc(NC(=O)N(C)CCN(C)CCN(C)CC(=O)NC(CC(N)=O)C(=O)N4CCCC4C(=O)NC(C(=O)N=S(C)(=O)Cc4ccnc(Nc5cc(-c6ccc(F)cc6OC)c(F)cn5)c4)C(C)C)cc3)c2)c1. The lowest BCUT2D eigenvalue weighted by Crippen LogP contribution is -2.57. The van der Waals surface area contributed by atoms with Gasteiger partial charge in [-0.25, -0.2) is 45.8 Å². The first-order valence-electron chi connectivity index (χ1n) is 33.0. The van der Waals surface area contributed by atoms with Crippen LogP contribution in [0.1, 0.15) is 70.0 Å². The summed E-state index contributed by atoms with van der Waals surface area (Å²) in [5.74, 6) is -6.65. The number of primary amides is 1. The normalized spacial score (nSPS) is 14.2. The first-order chi connectivity index (χ1) is 49.3. The van der Waals surface area contributed by atoms with Crippen LogP contribution in [-0.2, 0) is 54.3 Å². The van der Waals surface area contributed by atoms with Crippen LogP contribution in [0.5, 0.6) is 5.75 Å². The van der Waals surface area contributed by atoms with Crippen LogP contribution in [0.3, 0.4) is 0 Å². The van der Waals surface area contributed by atoms with Crippen LogP contribution in [-0.4, -0.2) is 199 Å². The number of carboxylic acids is 1. The highest BCUT2D eigenvalue weighted by molar-refractivity contribution is 7.93. The predicted molar refractivity (Wildman–Crippen MR) is 387 cm³/mol. The topological polar surface area (TPSA) is 420 Å². The number of pyridine rings is 2. The third kappa shape index (κ3) is 24.4. The summed E-state index contributed by atoms with van der Waals surface area (Å²) in [6.07, 6.45) is 3.79. The highest BCUT2D eigenvalue weighted by atomic mass is 32.2. The average molecular weight is 1480 g/mol. The molecule has 0 spiro atoms. The Kier molecular flexibility index (Phi) is 28.9. The Morgan fingerprint density at radius 3 is 2.12 bits per heavy atom. The Labute approximate surface area is 601 Å². The molecular formula is C69H87F2N17O14S2. The highest BCUT2D eigenvalue weighted by Gasteiger charge is 2.40. The van der Waals surface area contributed by atoms with Crippen molar-refractivity contribution >= 4 is 108 Å². The maximum Gasteiger partial charge on any atom is 0.321 e. The number of likely N-dealkylation sites (tertiary alicyclic amines) is 1. The van der Waals surface area contributed by atoms with Crippen molar-refractivity contribution in [3.63, 3.8) is 0 Å². The van der Waals surface area contributed by atoms with E-state index in [1.54, 1.807) is 57.1 Å². The molecule has 0 aliphatic carbocycles. The van der Waals surface area contributed by atoms with Crippen LogP contribution in [0, 0.1) is 17.6 Å². The van der Waals surface area contributed by atoms with Gasteiger partial charge in [-0.2, -0.15) is 4.36 Å². The molecule has 12 N–H and O–H groups in total. The van der Waals surface area contributed by atoms with Gasteiger partial charge in [-0.05, 0) is 135 Å². The number of methoxy groups -OCH3 is 1. The standard InChI is InChI=1S/C69H87F2N17O14S2/c1-9-25-74-67(96)77-48-14-11-16-50(35-48)104(100,101)83-49-15-10-13-44(33-49)54(38-62(91)92)80-68(97)76-46-19-21-47(22-20-46)78-69(98)87(6)31-30-85(4)28-29-86(5)40-61(90)79-55(37-58(72)89)66(95)88-27-12-17-56(88)64(93)82-63(42(2)3)65(94)84-103(8,99)41-43-24-26-73-59(32-43)81-60-36-52(53(71)39-75-60)51-23-18-45(70)34-57(51)102-7/h10-11,13-16,18-24,26,32-36,39,42,54-56,63,83H,9,12,17,25,27-31,37-38,40-41H2,1-8H3,(H2,72,89)(H,78,98)(H,79,90)(H,82,93)(H,91,92)(H,73,75,81)(H2,74,77,96)(H2,76,80,97). The number of carbonyl (C=O) groups excluding carboxylic acids is 8. The van der Waals surface area contributed by atoms with Gasteiger partial charge in [0, 0.05) is 98.7 Å². The summed E-state index contributed by atoms with van der Waals surface area (Å²) in [6.45, 7) is 6.96. The van der Waals surface area contributed by atoms with E-state index in [9.17, 15) is 69.7 Å². The Morgan fingerprint density at radius 1 is 0.750 bits per heavy atom. The zero-order valence-corrected chi connectivity index (χ0v) is 60.3. The fourth-order valence-electron chi connectivity index (χ4n) is 10.9. The zero-order valence-electron chi connectivity index (χ0n) is 58.7. The third-order valence-corrected chi connectivity index (χ3v) is 19.0. The Morgan fingerprint density at radius 2 is 1.42 bits per heavy atom. The number of nitrogens with one attached hydrogen (secondary N) is 9. The van der Waals surface area contributed by atoms with Gasteiger partial charge in [0.15, 0.2) is 0 Å². The number of hydrogen-bond donors (Lipinski definition) is 11. The lowest BCUT2D eigenvalue weighted by molar-refractivity contribution is -0.143. The van der Waals surface area contributed by atoms with Crippen LogP contribution in [0.25, 0.3) is 11.1 Å². The van der Waals surface area contributed by atoms with Gasteiger partial charge in [-0.15, -0.1) is 0 Å². The number of benzene rings is 4. The van der Waals surface area contributed by atoms with Crippen molar-refractivity contribution in [2.24, 2.45) is 16.0 Å². The number of urea groups is 3. The average Bonchev–Trinajstić information content (AvgIpc) is 1.61. The van der Waals surface area contributed by atoms with E-state index in [1.807, 2.05) is 18.9 Å². The largest absolute Gasteiger partial charge is 0.496 e. The number of nitrogens with zero attached hydrogens (tertiary/aromatic N) is 7. The first kappa shape index (κ1) is 80.4. The molecule has 0 radical (unpaired) electrons. The van der Waals surface area contributed by atoms with Crippen molar-refractivity contribution in [3.05, 3.63) is 144 Å². The highest BCUT2D eigenvalue weighted by Crippen LogP contribution is 2.34. The molecule has 0 bridgehead atoms. The number of rotatable bonds is 34. The molecule has 1 aliphatic rings. The second-order valence-electron chi connectivity index (χ2n) is 25.2. The molecule has 5 unspecified atom stereocenters. The van der Waals surface area contributed by atoms with E-state index in [0.717, 1.165) is 12.3 Å². The minimum absolute atomic E-state index is 0.0683. The number of likely N-dealkylation sites (N-methyl/N-ethyl adjacent to an activating group) is 3. The molecule has 7 rings (SSSR count). The predicted octanol–water partition coefficient (Wildman–Crippen LogP) is 6.49. The van der Waals surface area contributed by atoms with Gasteiger partial charge in [-0.1, -0.05) is 39.0 Å². The van der Waals surface area contributed by atoms with Crippen molar-refractivity contribution in [1.82, 2.24) is 50.8 Å². The molecule has 2 aromatic heterocycles. The van der Waals surface area contributed by atoms with E-state index < -0.39 is 128 Å². The van der Waals surface area contributed by atoms with Gasteiger partial charge < -0.3 is 72.8 Å². The van der Waals surface area contributed by atoms with Crippen LogP contribution in [0.15, 0.2) is 131 Å². The molecule has 11 amide bonds. The van der Waals surface area contributed by atoms with Crippen LogP contribution >= 0.6 is 0 Å². The Hall–Kier alpha value is -10.9. The van der Waals surface area contributed by atoms with Gasteiger partial charge >= 0.3 is 24.1 Å². The number of amides is 11. The number of nitrogens with two attached hydrogens (primary N) is 1. The zero-order chi connectivity index (χ0) is 76.0. The Balaban J connectivity index is 0.841. The molecule has 1 saturated heterocycles. The number of halogens is 2. The number of aromatic nitrogens is 2. The quantitative estimate of drug-likeness (QED) is 0.0206. The molecule has 3 heterocycles. The molecule has 5 atom stereocenters. The van der Waals surface area contributed by atoms with Gasteiger partial charge in [0.25, 0.3) is 15.9 Å². The molecule has 35 heteroatoms. The minimum atomic E-state index is -4.20. The maximum atomic E-state index is 15.0. The van der Waals surface area contributed by atoms with Crippen molar-refractivity contribution in [1.29, 1.82) is 0 Å². The van der Waals surface area contributed by atoms with E-state index >= 15 is 0 Å². The van der Waals surface area contributed by atoms with Gasteiger partial charge in [-0.3, -0.25) is 38.4 Å². The first-order valence-corrected chi connectivity index (χ1v) is 36.6. The van der Waals surface area contributed by atoms with E-state index in [4.69, 9.17) is 10.5 Å². The van der Waals surface area contributed by atoms with Crippen LogP contribution in [0.2, 0.25) is 0 Å². The summed E-state index contributed by atoms with van der Waals surface area (Å²) in [4.78, 5) is 133. The van der Waals surface area contributed by atoms with Crippen LogP contribution < -0.4 is 57.7 Å². The summed E-state index contributed by atoms with van der Waals surface area (Å²) < 4.78 is 81.5. The summed E-state index contributed by atoms with van der Waals surface area (Å²) in [6, 6.07) is 19.1.